The van der Waals surface area contributed by atoms with Crippen LogP contribution in [0.4, 0.5) is 0 Å². The van der Waals surface area contributed by atoms with Gasteiger partial charge in [0.25, 0.3) is 0 Å². The third-order valence-corrected chi connectivity index (χ3v) is 3.10. The van der Waals surface area contributed by atoms with Crippen LogP contribution in [0, 0.1) is 0 Å². The molecule has 0 heterocycles. The Morgan fingerprint density at radius 2 is 1.45 bits per heavy atom. The fourth-order valence-corrected chi connectivity index (χ4v) is 1.95. The van der Waals surface area contributed by atoms with E-state index in [9.17, 15) is 4.79 Å². The van der Waals surface area contributed by atoms with Gasteiger partial charge in [-0.05, 0) is 25.2 Å². The average molecular weight is 290 g/mol. The molecule has 0 amide bonds. The van der Waals surface area contributed by atoms with E-state index < -0.39 is 0 Å². The van der Waals surface area contributed by atoms with Gasteiger partial charge < -0.3 is 4.90 Å². The third-order valence-electron chi connectivity index (χ3n) is 3.10. The summed E-state index contributed by atoms with van der Waals surface area (Å²) >= 11 is 0. The summed E-state index contributed by atoms with van der Waals surface area (Å²) in [7, 11) is 3.96. The van der Waals surface area contributed by atoms with E-state index in [0.717, 1.165) is 17.7 Å². The first kappa shape index (κ1) is 16.4. The molecule has 0 radical (unpaired) electrons. The Balaban J connectivity index is 0.00000200. The highest BCUT2D eigenvalue weighted by atomic mass is 35.5. The number of benzene rings is 2. The van der Waals surface area contributed by atoms with Gasteiger partial charge in [-0.1, -0.05) is 54.6 Å². The molecule has 0 atom stereocenters. The maximum atomic E-state index is 12.0. The van der Waals surface area contributed by atoms with Crippen LogP contribution in [0.2, 0.25) is 0 Å². The summed E-state index contributed by atoms with van der Waals surface area (Å²) in [5, 5.41) is 0. The highest BCUT2D eigenvalue weighted by molar-refractivity contribution is 5.96. The number of halogens is 1. The van der Waals surface area contributed by atoms with E-state index in [2.05, 4.69) is 12.1 Å². The molecule has 0 spiro atoms. The number of rotatable bonds is 5. The number of ketones is 1. The molecule has 0 bridgehead atoms. The molecular weight excluding hydrogens is 270 g/mol. The average Bonchev–Trinajstić information content (AvgIpc) is 2.46. The Morgan fingerprint density at radius 1 is 0.900 bits per heavy atom. The topological polar surface area (TPSA) is 20.3 Å². The molecule has 0 unspecified atom stereocenters. The molecule has 0 N–H and O–H groups in total. The van der Waals surface area contributed by atoms with Crippen molar-refractivity contribution in [3.63, 3.8) is 0 Å². The molecule has 2 rings (SSSR count). The van der Waals surface area contributed by atoms with Crippen molar-refractivity contribution in [2.75, 3.05) is 20.6 Å². The monoisotopic (exact) mass is 289 g/mol. The number of hydrogen-bond donors (Lipinski definition) is 0. The Labute approximate surface area is 126 Å². The normalized spacial score (nSPS) is 10.2. The van der Waals surface area contributed by atoms with Gasteiger partial charge in [0.15, 0.2) is 5.78 Å². The van der Waals surface area contributed by atoms with E-state index in [1.165, 1.54) is 5.56 Å². The van der Waals surface area contributed by atoms with E-state index >= 15 is 0 Å². The van der Waals surface area contributed by atoms with Gasteiger partial charge in [0, 0.05) is 18.5 Å². The lowest BCUT2D eigenvalue weighted by atomic mass is 10.0. The molecule has 0 aliphatic heterocycles. The lowest BCUT2D eigenvalue weighted by molar-refractivity contribution is 0.0972. The van der Waals surface area contributed by atoms with Crippen LogP contribution in [-0.4, -0.2) is 31.3 Å². The standard InChI is InChI=1S/C17H19NO.ClH/c1-18(2)13-12-17(19)16-10-8-15(9-11-16)14-6-4-3-5-7-14;/h3-11H,12-13H2,1-2H3;1H. The summed E-state index contributed by atoms with van der Waals surface area (Å²) in [4.78, 5) is 14.0. The SMILES string of the molecule is CN(C)CCC(=O)c1ccc(-c2ccccc2)cc1.Cl. The van der Waals surface area contributed by atoms with Crippen molar-refractivity contribution >= 4 is 18.2 Å². The van der Waals surface area contributed by atoms with Crippen molar-refractivity contribution < 1.29 is 4.79 Å². The first-order valence-corrected chi connectivity index (χ1v) is 6.50. The van der Waals surface area contributed by atoms with Crippen molar-refractivity contribution in [3.05, 3.63) is 60.2 Å². The quantitative estimate of drug-likeness (QED) is 0.778. The minimum Gasteiger partial charge on any atom is -0.309 e. The third kappa shape index (κ3) is 4.48. The largest absolute Gasteiger partial charge is 0.309 e. The van der Waals surface area contributed by atoms with Crippen LogP contribution in [0.5, 0.6) is 0 Å². The van der Waals surface area contributed by atoms with Crippen molar-refractivity contribution in [2.45, 2.75) is 6.42 Å². The van der Waals surface area contributed by atoms with Crippen LogP contribution in [-0.2, 0) is 0 Å². The number of hydrogen-bond acceptors (Lipinski definition) is 2. The molecule has 2 aromatic rings. The summed E-state index contributed by atoms with van der Waals surface area (Å²) in [6, 6.07) is 18.0. The van der Waals surface area contributed by atoms with E-state index in [0.29, 0.717) is 6.42 Å². The van der Waals surface area contributed by atoms with Crippen molar-refractivity contribution in [2.24, 2.45) is 0 Å². The van der Waals surface area contributed by atoms with Gasteiger partial charge >= 0.3 is 0 Å². The van der Waals surface area contributed by atoms with Gasteiger partial charge in [-0.25, -0.2) is 0 Å². The smallest absolute Gasteiger partial charge is 0.164 e. The molecule has 0 aliphatic carbocycles. The molecule has 0 saturated carbocycles. The zero-order valence-electron chi connectivity index (χ0n) is 11.9. The molecule has 0 saturated heterocycles. The van der Waals surface area contributed by atoms with E-state index in [-0.39, 0.29) is 18.2 Å². The fourth-order valence-electron chi connectivity index (χ4n) is 1.95. The summed E-state index contributed by atoms with van der Waals surface area (Å²) < 4.78 is 0. The summed E-state index contributed by atoms with van der Waals surface area (Å²) in [5.74, 6) is 0.202. The van der Waals surface area contributed by atoms with Crippen LogP contribution in [0.3, 0.4) is 0 Å². The second-order valence-corrected chi connectivity index (χ2v) is 4.92. The summed E-state index contributed by atoms with van der Waals surface area (Å²) in [6.07, 6.45) is 0.567. The highest BCUT2D eigenvalue weighted by Gasteiger charge is 2.06. The van der Waals surface area contributed by atoms with Crippen LogP contribution < -0.4 is 0 Å². The fraction of sp³-hybridized carbons (Fsp3) is 0.235. The highest BCUT2D eigenvalue weighted by Crippen LogP contribution is 2.19. The van der Waals surface area contributed by atoms with Crippen LogP contribution in [0.1, 0.15) is 16.8 Å². The first-order chi connectivity index (χ1) is 9.16. The predicted octanol–water partition coefficient (Wildman–Crippen LogP) is 3.91. The van der Waals surface area contributed by atoms with Gasteiger partial charge in [0.2, 0.25) is 0 Å². The Kier molecular flexibility index (Phi) is 6.43. The lowest BCUT2D eigenvalue weighted by Crippen LogP contribution is -2.16. The molecule has 0 aliphatic rings. The predicted molar refractivity (Wildman–Crippen MR) is 86.6 cm³/mol. The molecule has 106 valence electrons. The Morgan fingerprint density at radius 3 is 2.00 bits per heavy atom. The van der Waals surface area contributed by atoms with E-state index in [1.54, 1.807) is 0 Å². The van der Waals surface area contributed by atoms with Crippen LogP contribution in [0.15, 0.2) is 54.6 Å². The zero-order valence-corrected chi connectivity index (χ0v) is 12.7. The maximum absolute atomic E-state index is 12.0. The number of nitrogens with zero attached hydrogens (tertiary/aromatic N) is 1. The van der Waals surface area contributed by atoms with Crippen molar-refractivity contribution in [3.8, 4) is 11.1 Å². The van der Waals surface area contributed by atoms with Gasteiger partial charge in [-0.2, -0.15) is 0 Å². The number of carbonyl (C=O) groups excluding carboxylic acids is 1. The van der Waals surface area contributed by atoms with Crippen LogP contribution >= 0.6 is 12.4 Å². The molecule has 2 nitrogen and oxygen atoms in total. The van der Waals surface area contributed by atoms with Gasteiger partial charge in [-0.15, -0.1) is 12.4 Å². The molecule has 0 aromatic heterocycles. The van der Waals surface area contributed by atoms with Gasteiger partial charge in [0.1, 0.15) is 0 Å². The minimum atomic E-state index is 0. The molecular formula is C17H20ClNO. The maximum Gasteiger partial charge on any atom is 0.164 e. The van der Waals surface area contributed by atoms with Crippen molar-refractivity contribution in [1.82, 2.24) is 4.90 Å². The van der Waals surface area contributed by atoms with E-state index in [1.807, 2.05) is 61.5 Å². The molecule has 0 fully saturated rings. The van der Waals surface area contributed by atoms with Crippen LogP contribution in [0.25, 0.3) is 11.1 Å². The van der Waals surface area contributed by atoms with E-state index in [4.69, 9.17) is 0 Å². The zero-order chi connectivity index (χ0) is 13.7. The number of Topliss-reactive ketones (excluding diaryl/α,β-unsaturated/α-hetero) is 1. The minimum absolute atomic E-state index is 0. The summed E-state index contributed by atoms with van der Waals surface area (Å²) in [6.45, 7) is 0.791. The molecule has 2 aromatic carbocycles. The second kappa shape index (κ2) is 7.83. The molecule has 3 heteroatoms. The molecule has 20 heavy (non-hydrogen) atoms. The first-order valence-electron chi connectivity index (χ1n) is 6.50. The second-order valence-electron chi connectivity index (χ2n) is 4.92. The Hall–Kier alpha value is -1.64. The van der Waals surface area contributed by atoms with Crippen molar-refractivity contribution in [1.29, 1.82) is 0 Å². The Bertz CT molecular complexity index is 535. The lowest BCUT2D eigenvalue weighted by Gasteiger charge is -2.08. The van der Waals surface area contributed by atoms with Gasteiger partial charge in [0.05, 0.1) is 0 Å². The van der Waals surface area contributed by atoms with Gasteiger partial charge in [-0.3, -0.25) is 4.79 Å². The summed E-state index contributed by atoms with van der Waals surface area (Å²) in [5.41, 5.74) is 3.11. The number of carbonyl (C=O) groups is 1.